The van der Waals surface area contributed by atoms with Gasteiger partial charge in [0, 0.05) is 6.08 Å². The van der Waals surface area contributed by atoms with Crippen LogP contribution in [0.5, 0.6) is 0 Å². The molecule has 0 unspecified atom stereocenters. The van der Waals surface area contributed by atoms with E-state index in [9.17, 15) is 4.79 Å². The first kappa shape index (κ1) is 19.9. The van der Waals surface area contributed by atoms with Crippen molar-refractivity contribution in [2.45, 2.75) is 84.5 Å². The summed E-state index contributed by atoms with van der Waals surface area (Å²) < 4.78 is 4.80. The van der Waals surface area contributed by atoms with Gasteiger partial charge in [0.15, 0.2) is 0 Å². The molecule has 0 N–H and O–H groups in total. The van der Waals surface area contributed by atoms with Crippen molar-refractivity contribution in [3.8, 4) is 0 Å². The fraction of sp³-hybridized carbons (Fsp3) is 0.737. The van der Waals surface area contributed by atoms with Crippen molar-refractivity contribution in [1.82, 2.24) is 0 Å². The zero-order valence-electron chi connectivity index (χ0n) is 14.1. The van der Waals surface area contributed by atoms with E-state index in [1.54, 1.807) is 6.08 Å². The van der Waals surface area contributed by atoms with Crippen molar-refractivity contribution in [1.29, 1.82) is 0 Å². The van der Waals surface area contributed by atoms with E-state index in [2.05, 4.69) is 13.0 Å². The number of hydrogen-bond donors (Lipinski definition) is 0. The third-order valence-electron chi connectivity index (χ3n) is 3.49. The summed E-state index contributed by atoms with van der Waals surface area (Å²) in [7, 11) is 0. The molecular formula is C19H34O2. The highest BCUT2D eigenvalue weighted by atomic mass is 16.5. The molecule has 0 aliphatic heterocycles. The third-order valence-corrected chi connectivity index (χ3v) is 3.49. The van der Waals surface area contributed by atoms with Gasteiger partial charge in [-0.25, -0.2) is 4.79 Å². The summed E-state index contributed by atoms with van der Waals surface area (Å²) in [5, 5.41) is 0. The van der Waals surface area contributed by atoms with Gasteiger partial charge in [-0.15, -0.1) is 0 Å². The molecule has 0 aromatic carbocycles. The molecule has 2 heteroatoms. The minimum Gasteiger partial charge on any atom is -0.463 e. The lowest BCUT2D eigenvalue weighted by Crippen LogP contribution is -1.98. The van der Waals surface area contributed by atoms with Gasteiger partial charge in [-0.05, 0) is 19.8 Å². The van der Waals surface area contributed by atoms with Crippen LogP contribution in [0.15, 0.2) is 24.3 Å². The van der Waals surface area contributed by atoms with Crippen LogP contribution in [0.3, 0.4) is 0 Å². The third kappa shape index (κ3) is 16.9. The number of carbonyl (C=O) groups excluding carboxylic acids is 1. The van der Waals surface area contributed by atoms with Crippen LogP contribution in [0.2, 0.25) is 0 Å². The minimum atomic E-state index is -0.263. The normalized spacial score (nSPS) is 11.5. The Bertz CT molecular complexity index is 279. The summed E-state index contributed by atoms with van der Waals surface area (Å²) in [6, 6.07) is 0. The first-order valence-corrected chi connectivity index (χ1v) is 8.81. The van der Waals surface area contributed by atoms with Crippen LogP contribution < -0.4 is 0 Å². The molecule has 0 aromatic rings. The van der Waals surface area contributed by atoms with Gasteiger partial charge in [0.05, 0.1) is 6.61 Å². The predicted octanol–water partition coefficient (Wildman–Crippen LogP) is 5.97. The molecular weight excluding hydrogens is 260 g/mol. The topological polar surface area (TPSA) is 26.3 Å². The van der Waals surface area contributed by atoms with Gasteiger partial charge in [0.1, 0.15) is 0 Å². The van der Waals surface area contributed by atoms with Gasteiger partial charge in [-0.2, -0.15) is 0 Å². The fourth-order valence-electron chi connectivity index (χ4n) is 2.25. The smallest absolute Gasteiger partial charge is 0.330 e. The van der Waals surface area contributed by atoms with Crippen LogP contribution in [0, 0.1) is 0 Å². The van der Waals surface area contributed by atoms with Crippen LogP contribution in [0.1, 0.15) is 84.5 Å². The van der Waals surface area contributed by atoms with E-state index in [1.807, 2.05) is 13.0 Å². The molecule has 0 rings (SSSR count). The average Bonchev–Trinajstić information content (AvgIpc) is 2.48. The molecule has 0 radical (unpaired) electrons. The molecule has 0 bridgehead atoms. The quantitative estimate of drug-likeness (QED) is 0.171. The summed E-state index contributed by atoms with van der Waals surface area (Å²) >= 11 is 0. The number of esters is 1. The molecule has 0 aromatic heterocycles. The van der Waals surface area contributed by atoms with E-state index in [1.165, 1.54) is 70.3 Å². The summed E-state index contributed by atoms with van der Waals surface area (Å²) in [4.78, 5) is 11.0. The van der Waals surface area contributed by atoms with Crippen LogP contribution in [0.25, 0.3) is 0 Å². The highest BCUT2D eigenvalue weighted by Gasteiger charge is 1.92. The van der Waals surface area contributed by atoms with Gasteiger partial charge in [-0.3, -0.25) is 0 Å². The Balaban J connectivity index is 3.23. The lowest BCUT2D eigenvalue weighted by atomic mass is 10.1. The molecule has 0 aliphatic rings. The van der Waals surface area contributed by atoms with Crippen LogP contribution in [-0.4, -0.2) is 12.6 Å². The predicted molar refractivity (Wildman–Crippen MR) is 91.4 cm³/mol. The monoisotopic (exact) mass is 294 g/mol. The van der Waals surface area contributed by atoms with E-state index in [4.69, 9.17) is 4.74 Å². The molecule has 0 aliphatic carbocycles. The van der Waals surface area contributed by atoms with Gasteiger partial charge in [0.2, 0.25) is 0 Å². The van der Waals surface area contributed by atoms with Crippen molar-refractivity contribution < 1.29 is 9.53 Å². The van der Waals surface area contributed by atoms with E-state index in [0.29, 0.717) is 6.61 Å². The Morgan fingerprint density at radius 3 is 1.95 bits per heavy atom. The maximum absolute atomic E-state index is 11.0. The number of ether oxygens (including phenoxy) is 1. The summed E-state index contributed by atoms with van der Waals surface area (Å²) in [6.07, 6.45) is 22.1. The second-order valence-corrected chi connectivity index (χ2v) is 5.51. The van der Waals surface area contributed by atoms with Crippen molar-refractivity contribution in [2.24, 2.45) is 0 Å². The van der Waals surface area contributed by atoms with Crippen molar-refractivity contribution in [3.05, 3.63) is 24.3 Å². The number of hydrogen-bond acceptors (Lipinski definition) is 2. The Labute approximate surface area is 131 Å². The molecule has 0 fully saturated rings. The number of allylic oxidation sites excluding steroid dienone is 3. The largest absolute Gasteiger partial charge is 0.463 e. The van der Waals surface area contributed by atoms with E-state index >= 15 is 0 Å². The van der Waals surface area contributed by atoms with E-state index in [0.717, 1.165) is 6.42 Å². The van der Waals surface area contributed by atoms with E-state index < -0.39 is 0 Å². The fourth-order valence-corrected chi connectivity index (χ4v) is 2.25. The molecule has 0 amide bonds. The lowest BCUT2D eigenvalue weighted by molar-refractivity contribution is -0.137. The highest BCUT2D eigenvalue weighted by molar-refractivity contribution is 5.82. The Kier molecular flexibility index (Phi) is 16.2. The molecule has 122 valence electrons. The number of rotatable bonds is 14. The van der Waals surface area contributed by atoms with Crippen LogP contribution in [-0.2, 0) is 9.53 Å². The standard InChI is InChI=1S/C19H34O2/c1-3-5-6-7-8-9-10-11-12-13-14-15-16-17-18-19(20)21-4-2/h15-18H,3-14H2,1-2H3/b16-15+,18-17+. The molecule has 0 heterocycles. The Morgan fingerprint density at radius 1 is 0.810 bits per heavy atom. The maximum atomic E-state index is 11.0. The zero-order valence-corrected chi connectivity index (χ0v) is 14.1. The summed E-state index contributed by atoms with van der Waals surface area (Å²) in [6.45, 7) is 4.51. The van der Waals surface area contributed by atoms with Crippen molar-refractivity contribution in [3.63, 3.8) is 0 Å². The lowest BCUT2D eigenvalue weighted by Gasteiger charge is -2.01. The summed E-state index contributed by atoms with van der Waals surface area (Å²) in [5.74, 6) is -0.263. The van der Waals surface area contributed by atoms with Gasteiger partial charge < -0.3 is 4.74 Å². The minimum absolute atomic E-state index is 0.263. The Morgan fingerprint density at radius 2 is 1.38 bits per heavy atom. The molecule has 2 nitrogen and oxygen atoms in total. The molecule has 0 atom stereocenters. The Hall–Kier alpha value is -1.05. The first-order chi connectivity index (χ1) is 10.3. The molecule has 0 saturated heterocycles. The second kappa shape index (κ2) is 17.0. The van der Waals surface area contributed by atoms with Crippen LogP contribution in [0.4, 0.5) is 0 Å². The van der Waals surface area contributed by atoms with Gasteiger partial charge >= 0.3 is 5.97 Å². The first-order valence-electron chi connectivity index (χ1n) is 8.81. The van der Waals surface area contributed by atoms with Gasteiger partial charge in [0.25, 0.3) is 0 Å². The SMILES string of the molecule is CCCCCCCCCCCC/C=C/C=C/C(=O)OCC. The number of carbonyl (C=O) groups is 1. The van der Waals surface area contributed by atoms with E-state index in [-0.39, 0.29) is 5.97 Å². The van der Waals surface area contributed by atoms with Crippen LogP contribution >= 0.6 is 0 Å². The molecule has 0 spiro atoms. The summed E-state index contributed by atoms with van der Waals surface area (Å²) in [5.41, 5.74) is 0. The highest BCUT2D eigenvalue weighted by Crippen LogP contribution is 2.11. The second-order valence-electron chi connectivity index (χ2n) is 5.51. The molecule has 0 saturated carbocycles. The van der Waals surface area contributed by atoms with Crippen molar-refractivity contribution in [2.75, 3.05) is 6.61 Å². The van der Waals surface area contributed by atoms with Crippen molar-refractivity contribution >= 4 is 5.97 Å². The van der Waals surface area contributed by atoms with Gasteiger partial charge in [-0.1, -0.05) is 82.9 Å². The average molecular weight is 294 g/mol. The number of unbranched alkanes of at least 4 members (excludes halogenated alkanes) is 10. The molecule has 21 heavy (non-hydrogen) atoms. The maximum Gasteiger partial charge on any atom is 0.330 e. The zero-order chi connectivity index (χ0) is 15.6.